The van der Waals surface area contributed by atoms with Crippen LogP contribution in [0.4, 0.5) is 5.69 Å². The van der Waals surface area contributed by atoms with E-state index in [0.29, 0.717) is 47.0 Å². The molecular weight excluding hydrogens is 437 g/mol. The number of benzene rings is 1. The Balaban J connectivity index is 1.70. The van der Waals surface area contributed by atoms with E-state index in [1.165, 1.54) is 12.1 Å². The van der Waals surface area contributed by atoms with Crippen LogP contribution in [0.25, 0.3) is 0 Å². The highest BCUT2D eigenvalue weighted by Gasteiger charge is 2.26. The molecule has 2 rings (SSSR count). The SMILES string of the molecule is CC(C)OCCCNC(=O)C1CCN(CC(=O)Nc2c(Cl)cc(Cl)cc2Cl)CC1. The van der Waals surface area contributed by atoms with E-state index in [2.05, 4.69) is 10.6 Å². The van der Waals surface area contributed by atoms with Crippen molar-refractivity contribution in [3.63, 3.8) is 0 Å². The molecule has 162 valence electrons. The monoisotopic (exact) mass is 463 g/mol. The number of carbonyl (C=O) groups is 2. The number of hydrogen-bond acceptors (Lipinski definition) is 4. The maximum Gasteiger partial charge on any atom is 0.238 e. The van der Waals surface area contributed by atoms with Crippen LogP contribution in [-0.4, -0.2) is 55.6 Å². The molecule has 0 aromatic heterocycles. The lowest BCUT2D eigenvalue weighted by Crippen LogP contribution is -2.43. The molecular formula is C20H28Cl3N3O3. The van der Waals surface area contributed by atoms with Crippen LogP contribution < -0.4 is 10.6 Å². The van der Waals surface area contributed by atoms with Crippen molar-refractivity contribution >= 4 is 52.3 Å². The van der Waals surface area contributed by atoms with Gasteiger partial charge in [0.05, 0.1) is 28.4 Å². The van der Waals surface area contributed by atoms with Gasteiger partial charge in [0.2, 0.25) is 11.8 Å². The Bertz CT molecular complexity index is 684. The van der Waals surface area contributed by atoms with Crippen molar-refractivity contribution < 1.29 is 14.3 Å². The quantitative estimate of drug-likeness (QED) is 0.537. The highest BCUT2D eigenvalue weighted by Crippen LogP contribution is 2.33. The lowest BCUT2D eigenvalue weighted by atomic mass is 9.96. The summed E-state index contributed by atoms with van der Waals surface area (Å²) in [5.74, 6) is -0.136. The summed E-state index contributed by atoms with van der Waals surface area (Å²) >= 11 is 18.1. The van der Waals surface area contributed by atoms with Gasteiger partial charge in [-0.3, -0.25) is 14.5 Å². The molecule has 0 saturated carbocycles. The zero-order valence-corrected chi connectivity index (χ0v) is 19.0. The van der Waals surface area contributed by atoms with Crippen LogP contribution in [0, 0.1) is 5.92 Å². The number of halogens is 3. The second kappa shape index (κ2) is 12.0. The minimum absolute atomic E-state index is 0.0134. The molecule has 1 heterocycles. The Morgan fingerprint density at radius 3 is 2.38 bits per heavy atom. The van der Waals surface area contributed by atoms with Crippen LogP contribution in [-0.2, 0) is 14.3 Å². The fraction of sp³-hybridized carbons (Fsp3) is 0.600. The Morgan fingerprint density at radius 1 is 1.17 bits per heavy atom. The average Bonchev–Trinajstić information content (AvgIpc) is 2.64. The zero-order chi connectivity index (χ0) is 21.4. The van der Waals surface area contributed by atoms with Crippen molar-refractivity contribution in [2.24, 2.45) is 5.92 Å². The number of hydrogen-bond donors (Lipinski definition) is 2. The van der Waals surface area contributed by atoms with Gasteiger partial charge in [-0.15, -0.1) is 0 Å². The summed E-state index contributed by atoms with van der Waals surface area (Å²) in [6.07, 6.45) is 2.46. The molecule has 0 unspecified atom stereocenters. The van der Waals surface area contributed by atoms with Gasteiger partial charge in [-0.1, -0.05) is 34.8 Å². The number of anilines is 1. The van der Waals surface area contributed by atoms with Gasteiger partial charge < -0.3 is 15.4 Å². The Labute approximate surface area is 187 Å². The van der Waals surface area contributed by atoms with E-state index < -0.39 is 0 Å². The van der Waals surface area contributed by atoms with Crippen LogP contribution in [0.2, 0.25) is 15.1 Å². The molecule has 2 amide bonds. The number of nitrogens with zero attached hydrogens (tertiary/aromatic N) is 1. The number of nitrogens with one attached hydrogen (secondary N) is 2. The fourth-order valence-corrected chi connectivity index (χ4v) is 4.06. The van der Waals surface area contributed by atoms with Gasteiger partial charge in [-0.25, -0.2) is 0 Å². The minimum atomic E-state index is -0.204. The summed E-state index contributed by atoms with van der Waals surface area (Å²) in [6.45, 7) is 6.84. The smallest absolute Gasteiger partial charge is 0.238 e. The standard InChI is InChI=1S/C20H28Cl3N3O3/c1-13(2)29-9-3-6-24-20(28)14-4-7-26(8-5-14)12-18(27)25-19-16(22)10-15(21)11-17(19)23/h10-11,13-14H,3-9,12H2,1-2H3,(H,24,28)(H,25,27). The van der Waals surface area contributed by atoms with Gasteiger partial charge in [0, 0.05) is 24.1 Å². The van der Waals surface area contributed by atoms with Crippen LogP contribution >= 0.6 is 34.8 Å². The first kappa shape index (κ1) is 24.2. The van der Waals surface area contributed by atoms with Gasteiger partial charge in [0.15, 0.2) is 0 Å². The first-order valence-electron chi connectivity index (χ1n) is 9.82. The van der Waals surface area contributed by atoms with E-state index in [1.807, 2.05) is 18.7 Å². The molecule has 0 radical (unpaired) electrons. The zero-order valence-electron chi connectivity index (χ0n) is 16.8. The first-order chi connectivity index (χ1) is 13.8. The second-order valence-electron chi connectivity index (χ2n) is 7.41. The Hall–Kier alpha value is -1.05. The molecule has 1 aromatic rings. The van der Waals surface area contributed by atoms with Crippen molar-refractivity contribution in [2.75, 3.05) is 38.1 Å². The van der Waals surface area contributed by atoms with Crippen LogP contribution in [0.15, 0.2) is 12.1 Å². The molecule has 2 N–H and O–H groups in total. The van der Waals surface area contributed by atoms with Gasteiger partial charge in [0.1, 0.15) is 0 Å². The van der Waals surface area contributed by atoms with Gasteiger partial charge in [-0.2, -0.15) is 0 Å². The summed E-state index contributed by atoms with van der Waals surface area (Å²) in [7, 11) is 0. The Kier molecular flexibility index (Phi) is 9.99. The van der Waals surface area contributed by atoms with E-state index in [0.717, 1.165) is 19.3 Å². The summed E-state index contributed by atoms with van der Waals surface area (Å²) in [6, 6.07) is 3.06. The van der Waals surface area contributed by atoms with E-state index >= 15 is 0 Å². The number of amides is 2. The molecule has 0 spiro atoms. The molecule has 1 fully saturated rings. The lowest BCUT2D eigenvalue weighted by molar-refractivity contribution is -0.126. The molecule has 6 nitrogen and oxygen atoms in total. The average molecular weight is 465 g/mol. The van der Waals surface area contributed by atoms with Gasteiger partial charge >= 0.3 is 0 Å². The van der Waals surface area contributed by atoms with Gasteiger partial charge in [-0.05, 0) is 58.3 Å². The molecule has 9 heteroatoms. The first-order valence-corrected chi connectivity index (χ1v) is 11.0. The van der Waals surface area contributed by atoms with Crippen molar-refractivity contribution in [2.45, 2.75) is 39.2 Å². The summed E-state index contributed by atoms with van der Waals surface area (Å²) in [4.78, 5) is 26.6. The van der Waals surface area contributed by atoms with Crippen molar-refractivity contribution in [3.05, 3.63) is 27.2 Å². The minimum Gasteiger partial charge on any atom is -0.379 e. The largest absolute Gasteiger partial charge is 0.379 e. The second-order valence-corrected chi connectivity index (χ2v) is 8.66. The van der Waals surface area contributed by atoms with Crippen LogP contribution in [0.3, 0.4) is 0 Å². The Morgan fingerprint density at radius 2 is 1.79 bits per heavy atom. The molecule has 1 aromatic carbocycles. The van der Waals surface area contributed by atoms with E-state index in [9.17, 15) is 9.59 Å². The third kappa shape index (κ3) is 8.30. The number of ether oxygens (including phenoxy) is 1. The highest BCUT2D eigenvalue weighted by atomic mass is 35.5. The van der Waals surface area contributed by atoms with Crippen molar-refractivity contribution in [1.82, 2.24) is 10.2 Å². The molecule has 0 bridgehead atoms. The molecule has 0 aliphatic carbocycles. The predicted molar refractivity (Wildman–Crippen MR) is 118 cm³/mol. The molecule has 1 aliphatic rings. The van der Waals surface area contributed by atoms with Crippen molar-refractivity contribution in [1.29, 1.82) is 0 Å². The van der Waals surface area contributed by atoms with Crippen LogP contribution in [0.1, 0.15) is 33.1 Å². The maximum atomic E-state index is 12.3. The number of likely N-dealkylation sites (tertiary alicyclic amines) is 1. The third-order valence-corrected chi connectivity index (χ3v) is 5.48. The topological polar surface area (TPSA) is 70.7 Å². The molecule has 1 aliphatic heterocycles. The maximum absolute atomic E-state index is 12.3. The van der Waals surface area contributed by atoms with Crippen molar-refractivity contribution in [3.8, 4) is 0 Å². The highest BCUT2D eigenvalue weighted by molar-refractivity contribution is 6.42. The summed E-state index contributed by atoms with van der Waals surface area (Å²) in [5, 5.41) is 6.72. The van der Waals surface area contributed by atoms with Gasteiger partial charge in [0.25, 0.3) is 0 Å². The third-order valence-electron chi connectivity index (χ3n) is 4.67. The number of rotatable bonds is 9. The normalized spacial score (nSPS) is 15.5. The lowest BCUT2D eigenvalue weighted by Gasteiger charge is -2.30. The number of piperidine rings is 1. The fourth-order valence-electron chi connectivity index (χ4n) is 3.14. The summed E-state index contributed by atoms with van der Waals surface area (Å²) in [5.41, 5.74) is 0.360. The van der Waals surface area contributed by atoms with Crippen LogP contribution in [0.5, 0.6) is 0 Å². The molecule has 0 atom stereocenters. The van der Waals surface area contributed by atoms with E-state index in [-0.39, 0.29) is 30.4 Å². The summed E-state index contributed by atoms with van der Waals surface area (Å²) < 4.78 is 5.46. The number of carbonyl (C=O) groups excluding carboxylic acids is 2. The molecule has 29 heavy (non-hydrogen) atoms. The molecule has 1 saturated heterocycles. The predicted octanol–water partition coefficient (Wildman–Crippen LogP) is 4.23. The van der Waals surface area contributed by atoms with E-state index in [4.69, 9.17) is 39.5 Å². The van der Waals surface area contributed by atoms with E-state index in [1.54, 1.807) is 0 Å².